The van der Waals surface area contributed by atoms with Gasteiger partial charge in [0, 0.05) is 5.56 Å². The molecule has 74 valence electrons. The maximum atomic E-state index is 10.8. The predicted molar refractivity (Wildman–Crippen MR) is 50.1 cm³/mol. The van der Waals surface area contributed by atoms with E-state index in [2.05, 4.69) is 5.32 Å². The Hall–Kier alpha value is -1.71. The number of aryl methyl sites for hydroxylation is 1. The molecule has 1 atom stereocenters. The summed E-state index contributed by atoms with van der Waals surface area (Å²) in [6.07, 6.45) is -0.435. The molecule has 1 fully saturated rings. The molecule has 1 aliphatic heterocycles. The monoisotopic (exact) mass is 193 g/mol. The number of aromatic hydroxyl groups is 1. The lowest BCUT2D eigenvalue weighted by atomic mass is 10.1. The van der Waals surface area contributed by atoms with E-state index in [9.17, 15) is 9.90 Å². The maximum absolute atomic E-state index is 10.8. The zero-order chi connectivity index (χ0) is 10.1. The predicted octanol–water partition coefficient (Wildman–Crippen LogP) is 1.48. The number of amides is 1. The van der Waals surface area contributed by atoms with Gasteiger partial charge in [0.1, 0.15) is 12.4 Å². The van der Waals surface area contributed by atoms with Crippen LogP contribution in [-0.2, 0) is 4.74 Å². The number of benzene rings is 1. The first-order valence-corrected chi connectivity index (χ1v) is 4.39. The fourth-order valence-corrected chi connectivity index (χ4v) is 1.50. The molecule has 1 aromatic rings. The van der Waals surface area contributed by atoms with Crippen LogP contribution < -0.4 is 5.32 Å². The van der Waals surface area contributed by atoms with E-state index in [0.29, 0.717) is 5.56 Å². The summed E-state index contributed by atoms with van der Waals surface area (Å²) in [6, 6.07) is 5.12. The number of hydrogen-bond acceptors (Lipinski definition) is 3. The Labute approximate surface area is 81.5 Å². The third-order valence-electron chi connectivity index (χ3n) is 2.23. The van der Waals surface area contributed by atoms with Crippen molar-refractivity contribution in [2.75, 3.05) is 6.61 Å². The first kappa shape index (κ1) is 8.87. The fourth-order valence-electron chi connectivity index (χ4n) is 1.50. The van der Waals surface area contributed by atoms with Gasteiger partial charge in [-0.2, -0.15) is 0 Å². The van der Waals surface area contributed by atoms with E-state index in [1.807, 2.05) is 13.0 Å². The van der Waals surface area contributed by atoms with Crippen LogP contribution in [0.4, 0.5) is 4.79 Å². The molecule has 2 rings (SSSR count). The van der Waals surface area contributed by atoms with Crippen molar-refractivity contribution >= 4 is 6.09 Å². The summed E-state index contributed by atoms with van der Waals surface area (Å²) in [4.78, 5) is 10.8. The molecule has 1 aliphatic rings. The van der Waals surface area contributed by atoms with Gasteiger partial charge in [0.05, 0.1) is 6.04 Å². The first-order chi connectivity index (χ1) is 6.66. The molecular weight excluding hydrogens is 182 g/mol. The number of phenols is 1. The van der Waals surface area contributed by atoms with Crippen molar-refractivity contribution in [2.24, 2.45) is 0 Å². The third-order valence-corrected chi connectivity index (χ3v) is 2.23. The van der Waals surface area contributed by atoms with Crippen molar-refractivity contribution in [3.05, 3.63) is 29.3 Å². The smallest absolute Gasteiger partial charge is 0.407 e. The molecular formula is C10H11NO3. The Morgan fingerprint density at radius 3 is 2.93 bits per heavy atom. The van der Waals surface area contributed by atoms with Crippen molar-refractivity contribution in [2.45, 2.75) is 13.0 Å². The quantitative estimate of drug-likeness (QED) is 0.710. The van der Waals surface area contributed by atoms with Gasteiger partial charge in [0.25, 0.3) is 0 Å². The molecule has 0 saturated carbocycles. The zero-order valence-corrected chi connectivity index (χ0v) is 7.78. The Morgan fingerprint density at radius 1 is 1.57 bits per heavy atom. The van der Waals surface area contributed by atoms with Crippen molar-refractivity contribution in [1.82, 2.24) is 5.32 Å². The van der Waals surface area contributed by atoms with Gasteiger partial charge in [0.15, 0.2) is 0 Å². The molecule has 14 heavy (non-hydrogen) atoms. The normalized spacial score (nSPS) is 20.4. The van der Waals surface area contributed by atoms with E-state index in [-0.39, 0.29) is 18.4 Å². The Morgan fingerprint density at radius 2 is 2.36 bits per heavy atom. The summed E-state index contributed by atoms with van der Waals surface area (Å²) in [5.74, 6) is 0.195. The van der Waals surface area contributed by atoms with Crippen LogP contribution in [0.25, 0.3) is 0 Å². The highest BCUT2D eigenvalue weighted by Gasteiger charge is 2.25. The van der Waals surface area contributed by atoms with Gasteiger partial charge in [-0.15, -0.1) is 0 Å². The van der Waals surface area contributed by atoms with Crippen molar-refractivity contribution in [1.29, 1.82) is 0 Å². The van der Waals surface area contributed by atoms with Gasteiger partial charge >= 0.3 is 6.09 Å². The second-order valence-corrected chi connectivity index (χ2v) is 3.36. The molecule has 1 aromatic carbocycles. The Balaban J connectivity index is 2.28. The molecule has 0 aromatic heterocycles. The van der Waals surface area contributed by atoms with Crippen LogP contribution in [0.5, 0.6) is 5.75 Å². The highest BCUT2D eigenvalue weighted by atomic mass is 16.6. The van der Waals surface area contributed by atoms with Crippen LogP contribution in [0.15, 0.2) is 18.2 Å². The van der Waals surface area contributed by atoms with Gasteiger partial charge in [0.2, 0.25) is 0 Å². The average molecular weight is 193 g/mol. The number of carbonyl (C=O) groups is 1. The van der Waals surface area contributed by atoms with E-state index in [1.165, 1.54) is 0 Å². The summed E-state index contributed by atoms with van der Waals surface area (Å²) in [6.45, 7) is 2.17. The number of hydrogen-bond donors (Lipinski definition) is 2. The first-order valence-electron chi connectivity index (χ1n) is 4.39. The number of rotatable bonds is 1. The van der Waals surface area contributed by atoms with Gasteiger partial charge in [-0.25, -0.2) is 4.79 Å². The van der Waals surface area contributed by atoms with Crippen molar-refractivity contribution in [3.8, 4) is 5.75 Å². The summed E-state index contributed by atoms with van der Waals surface area (Å²) in [5.41, 5.74) is 1.68. The number of carbonyl (C=O) groups excluding carboxylic acids is 1. The molecule has 0 spiro atoms. The van der Waals surface area contributed by atoms with Crippen LogP contribution in [0, 0.1) is 6.92 Å². The largest absolute Gasteiger partial charge is 0.508 e. The SMILES string of the molecule is Cc1ccc([C@@H]2COC(=O)N2)c(O)c1. The number of cyclic esters (lactones) is 1. The van der Waals surface area contributed by atoms with Crippen LogP contribution in [-0.4, -0.2) is 17.8 Å². The maximum Gasteiger partial charge on any atom is 0.407 e. The summed E-state index contributed by atoms with van der Waals surface area (Å²) in [7, 11) is 0. The zero-order valence-electron chi connectivity index (χ0n) is 7.78. The molecule has 0 aliphatic carbocycles. The summed E-state index contributed by atoms with van der Waals surface area (Å²) < 4.78 is 4.74. The van der Waals surface area contributed by atoms with Crippen LogP contribution in [0.3, 0.4) is 0 Å². The lowest BCUT2D eigenvalue weighted by Crippen LogP contribution is -2.18. The highest BCUT2D eigenvalue weighted by molar-refractivity contribution is 5.70. The fraction of sp³-hybridized carbons (Fsp3) is 0.300. The topological polar surface area (TPSA) is 58.6 Å². The molecule has 0 bridgehead atoms. The average Bonchev–Trinajstić information content (AvgIpc) is 2.51. The standard InChI is InChI=1S/C10H11NO3/c1-6-2-3-7(9(12)4-6)8-5-14-10(13)11-8/h2-4,8,12H,5H2,1H3,(H,11,13)/t8-/m0/s1. The van der Waals surface area contributed by atoms with E-state index < -0.39 is 6.09 Å². The molecule has 2 N–H and O–H groups in total. The minimum atomic E-state index is -0.435. The number of nitrogens with one attached hydrogen (secondary N) is 1. The van der Waals surface area contributed by atoms with E-state index in [1.54, 1.807) is 12.1 Å². The number of ether oxygens (including phenoxy) is 1. The van der Waals surface area contributed by atoms with Crippen LogP contribution in [0.1, 0.15) is 17.2 Å². The van der Waals surface area contributed by atoms with Gasteiger partial charge in [-0.3, -0.25) is 0 Å². The molecule has 1 saturated heterocycles. The van der Waals surface area contributed by atoms with Crippen molar-refractivity contribution < 1.29 is 14.6 Å². The van der Waals surface area contributed by atoms with Crippen LogP contribution >= 0.6 is 0 Å². The highest BCUT2D eigenvalue weighted by Crippen LogP contribution is 2.27. The second kappa shape index (κ2) is 3.21. The molecule has 1 heterocycles. The summed E-state index contributed by atoms with van der Waals surface area (Å²) in [5, 5.41) is 12.2. The third kappa shape index (κ3) is 1.51. The van der Waals surface area contributed by atoms with Crippen LogP contribution in [0.2, 0.25) is 0 Å². The molecule has 1 amide bonds. The number of phenolic OH excluding ortho intramolecular Hbond substituents is 1. The Kier molecular flexibility index (Phi) is 2.04. The Bertz CT molecular complexity index is 376. The number of alkyl carbamates (subject to hydrolysis) is 1. The molecule has 0 radical (unpaired) electrons. The molecule has 4 heteroatoms. The van der Waals surface area contributed by atoms with E-state index in [4.69, 9.17) is 4.74 Å². The lowest BCUT2D eigenvalue weighted by molar-refractivity contribution is 0.177. The van der Waals surface area contributed by atoms with Gasteiger partial charge < -0.3 is 15.2 Å². The van der Waals surface area contributed by atoms with Crippen molar-refractivity contribution in [3.63, 3.8) is 0 Å². The lowest BCUT2D eigenvalue weighted by Gasteiger charge is -2.09. The molecule has 0 unspecified atom stereocenters. The van der Waals surface area contributed by atoms with Gasteiger partial charge in [-0.1, -0.05) is 12.1 Å². The minimum absolute atomic E-state index is 0.195. The van der Waals surface area contributed by atoms with E-state index in [0.717, 1.165) is 5.56 Å². The second-order valence-electron chi connectivity index (χ2n) is 3.36. The summed E-state index contributed by atoms with van der Waals surface area (Å²) >= 11 is 0. The van der Waals surface area contributed by atoms with E-state index >= 15 is 0 Å². The molecule has 4 nitrogen and oxygen atoms in total. The minimum Gasteiger partial charge on any atom is -0.508 e. The van der Waals surface area contributed by atoms with Gasteiger partial charge in [-0.05, 0) is 18.6 Å².